The molecule has 13 heteroatoms. The van der Waals surface area contributed by atoms with Crippen LogP contribution in [0, 0.1) is 0 Å². The lowest BCUT2D eigenvalue weighted by atomic mass is 9.71. The zero-order valence-corrected chi connectivity index (χ0v) is 30.2. The van der Waals surface area contributed by atoms with E-state index >= 15 is 0 Å². The molecular formula is C38H50N2O11. The number of hydrogen-bond donors (Lipinski definition) is 5. The fourth-order valence-electron chi connectivity index (χ4n) is 8.19. The predicted octanol–water partition coefficient (Wildman–Crippen LogP) is 3.29. The van der Waals surface area contributed by atoms with Crippen LogP contribution in [-0.2, 0) is 25.4 Å². The summed E-state index contributed by atoms with van der Waals surface area (Å²) in [5.74, 6) is -3.00. The normalized spacial score (nSPS) is 29.4. The number of hydrogen-bond acceptors (Lipinski definition) is 13. The van der Waals surface area contributed by atoms with E-state index in [1.807, 2.05) is 0 Å². The van der Waals surface area contributed by atoms with Gasteiger partial charge in [-0.25, -0.2) is 0 Å². The van der Waals surface area contributed by atoms with Crippen molar-refractivity contribution in [3.63, 3.8) is 0 Å². The third-order valence-corrected chi connectivity index (χ3v) is 10.8. The molecule has 2 heterocycles. The van der Waals surface area contributed by atoms with Crippen molar-refractivity contribution in [2.45, 2.75) is 121 Å². The van der Waals surface area contributed by atoms with E-state index in [0.717, 1.165) is 19.4 Å². The van der Waals surface area contributed by atoms with Crippen LogP contribution < -0.4 is 10.1 Å². The van der Waals surface area contributed by atoms with E-state index in [4.69, 9.17) is 18.9 Å². The Morgan fingerprint density at radius 2 is 1.84 bits per heavy atom. The van der Waals surface area contributed by atoms with E-state index in [-0.39, 0.29) is 59.0 Å². The Hall–Kier alpha value is -3.43. The number of aliphatic hydroxyl groups is 2. The van der Waals surface area contributed by atoms with Gasteiger partial charge in [0.05, 0.1) is 48.7 Å². The van der Waals surface area contributed by atoms with Crippen LogP contribution in [0.15, 0.2) is 18.2 Å². The Bertz CT molecular complexity index is 1700. The third kappa shape index (κ3) is 6.69. The van der Waals surface area contributed by atoms with Gasteiger partial charge >= 0.3 is 0 Å². The van der Waals surface area contributed by atoms with Crippen molar-refractivity contribution in [2.24, 2.45) is 0 Å². The van der Waals surface area contributed by atoms with Crippen LogP contribution in [0.5, 0.6) is 17.2 Å². The average Bonchev–Trinajstić information content (AvgIpc) is 3.58. The maximum atomic E-state index is 13.9. The maximum absolute atomic E-state index is 13.9. The van der Waals surface area contributed by atoms with E-state index < -0.39 is 82.6 Å². The van der Waals surface area contributed by atoms with Gasteiger partial charge in [-0.3, -0.25) is 19.3 Å². The molecule has 5 unspecified atom stereocenters. The van der Waals surface area contributed by atoms with Crippen molar-refractivity contribution in [3.8, 4) is 17.2 Å². The summed E-state index contributed by atoms with van der Waals surface area (Å²) in [6.45, 7) is 12.0. The summed E-state index contributed by atoms with van der Waals surface area (Å²) in [5, 5.41) is 49.6. The molecule has 13 nitrogen and oxygen atoms in total. The highest BCUT2D eigenvalue weighted by atomic mass is 16.7. The van der Waals surface area contributed by atoms with Gasteiger partial charge in [-0.05, 0) is 53.1 Å². The largest absolute Gasteiger partial charge is 0.507 e. The van der Waals surface area contributed by atoms with E-state index in [2.05, 4.69) is 31.0 Å². The first-order valence-corrected chi connectivity index (χ1v) is 17.8. The number of carbonyl (C=O) groups is 3. The summed E-state index contributed by atoms with van der Waals surface area (Å²) in [7, 11) is 1.36. The topological polar surface area (TPSA) is 184 Å². The third-order valence-electron chi connectivity index (χ3n) is 10.8. The van der Waals surface area contributed by atoms with Gasteiger partial charge in [-0.1, -0.05) is 19.1 Å². The van der Waals surface area contributed by atoms with Crippen LogP contribution in [0.3, 0.4) is 0 Å². The number of fused-ring (bicyclic) bond motifs is 3. The molecule has 2 aromatic rings. The minimum absolute atomic E-state index is 0.00556. The molecule has 4 aliphatic rings. The predicted molar refractivity (Wildman–Crippen MR) is 184 cm³/mol. The van der Waals surface area contributed by atoms with E-state index in [9.17, 15) is 34.8 Å². The number of phenolic OH excluding ortho intramolecular Hbond substituents is 2. The molecule has 0 aromatic heterocycles. The molecule has 278 valence electrons. The lowest BCUT2D eigenvalue weighted by Crippen LogP contribution is -2.54. The number of aromatic hydroxyl groups is 2. The first kappa shape index (κ1) is 37.3. The summed E-state index contributed by atoms with van der Waals surface area (Å²) < 4.78 is 23.8. The lowest BCUT2D eigenvalue weighted by Gasteiger charge is -2.43. The van der Waals surface area contributed by atoms with Crippen LogP contribution >= 0.6 is 0 Å². The number of methoxy groups -OCH3 is 1. The van der Waals surface area contributed by atoms with Crippen molar-refractivity contribution >= 4 is 17.3 Å². The van der Waals surface area contributed by atoms with Gasteiger partial charge in [0.15, 0.2) is 17.9 Å². The van der Waals surface area contributed by atoms with Gasteiger partial charge in [-0.15, -0.1) is 0 Å². The Kier molecular flexibility index (Phi) is 10.4. The van der Waals surface area contributed by atoms with Crippen molar-refractivity contribution in [2.75, 3.05) is 26.8 Å². The van der Waals surface area contributed by atoms with Crippen molar-refractivity contribution in [3.05, 3.63) is 51.6 Å². The Balaban J connectivity index is 1.28. The quantitative estimate of drug-likeness (QED) is 0.153. The molecule has 5 N–H and O–H groups in total. The Morgan fingerprint density at radius 3 is 2.53 bits per heavy atom. The number of carbonyl (C=O) groups excluding carboxylic acids is 3. The summed E-state index contributed by atoms with van der Waals surface area (Å²) in [5.41, 5.74) is -2.95. The number of Topliss-reactive ketones (excluding diaryl/α,β-unsaturated/α-hetero) is 1. The number of nitrogens with zero attached hydrogens (tertiary/aromatic N) is 1. The molecule has 0 amide bonds. The van der Waals surface area contributed by atoms with Crippen LogP contribution in [-0.4, -0.2) is 111 Å². The number of benzene rings is 2. The van der Waals surface area contributed by atoms with Gasteiger partial charge in [0.1, 0.15) is 29.1 Å². The highest BCUT2D eigenvalue weighted by molar-refractivity contribution is 6.31. The van der Waals surface area contributed by atoms with E-state index in [1.165, 1.54) is 19.2 Å². The fraction of sp³-hybridized carbons (Fsp3) is 0.605. The average molecular weight is 711 g/mol. The van der Waals surface area contributed by atoms with Gasteiger partial charge in [-0.2, -0.15) is 0 Å². The molecule has 2 fully saturated rings. The molecule has 51 heavy (non-hydrogen) atoms. The molecular weight excluding hydrogens is 660 g/mol. The first-order chi connectivity index (χ1) is 24.1. The standard InChI is InChI=1S/C38H50N2O11/c1-7-25(41)38(47)17-21-29(36(46)31-30(34(21)44)33(43)20-10-8-11-23(48-6)28(20)35(31)45)24(18-38)51-27-16-22(32(42)19(2)50-27)39-13-9-12-26-40(14-15-49-26)37(3,4)5/h8,10-11,19,22,24,26-27,32,39,42,44,46-47H,7,9,12-18H2,1-6H3/t19?,22?,24-,26?,27?,32?,38-/m0/s1. The van der Waals surface area contributed by atoms with Crippen LogP contribution in [0.1, 0.15) is 116 Å². The second-order valence-corrected chi connectivity index (χ2v) is 15.1. The number of aliphatic hydroxyl groups excluding tert-OH is 1. The van der Waals surface area contributed by atoms with Crippen LogP contribution in [0.25, 0.3) is 0 Å². The van der Waals surface area contributed by atoms with Crippen LogP contribution in [0.2, 0.25) is 0 Å². The van der Waals surface area contributed by atoms with E-state index in [0.29, 0.717) is 13.2 Å². The summed E-state index contributed by atoms with van der Waals surface area (Å²) in [6.07, 6.45) is -2.65. The molecule has 6 rings (SSSR count). The minimum Gasteiger partial charge on any atom is -0.507 e. The molecule has 2 aliphatic heterocycles. The van der Waals surface area contributed by atoms with Gasteiger partial charge in [0.25, 0.3) is 0 Å². The van der Waals surface area contributed by atoms with Crippen LogP contribution in [0.4, 0.5) is 0 Å². The van der Waals surface area contributed by atoms with Gasteiger partial charge in [0.2, 0.25) is 5.78 Å². The first-order valence-electron chi connectivity index (χ1n) is 17.8. The molecule has 0 radical (unpaired) electrons. The second kappa shape index (κ2) is 14.2. The number of nitrogens with one attached hydrogen (secondary N) is 1. The fourth-order valence-corrected chi connectivity index (χ4v) is 8.19. The molecule has 7 atom stereocenters. The highest BCUT2D eigenvalue weighted by Crippen LogP contribution is 2.52. The second-order valence-electron chi connectivity index (χ2n) is 15.1. The number of rotatable bonds is 10. The molecule has 2 aromatic carbocycles. The zero-order chi connectivity index (χ0) is 37.0. The smallest absolute Gasteiger partial charge is 0.202 e. The molecule has 2 aliphatic carbocycles. The van der Waals surface area contributed by atoms with Crippen molar-refractivity contribution < 1.29 is 53.8 Å². The maximum Gasteiger partial charge on any atom is 0.202 e. The number of phenols is 2. The van der Waals surface area contributed by atoms with E-state index in [1.54, 1.807) is 19.9 Å². The summed E-state index contributed by atoms with van der Waals surface area (Å²) >= 11 is 0. The monoisotopic (exact) mass is 710 g/mol. The van der Waals surface area contributed by atoms with Gasteiger partial charge < -0.3 is 44.7 Å². The zero-order valence-electron chi connectivity index (χ0n) is 30.2. The van der Waals surface area contributed by atoms with Crippen molar-refractivity contribution in [1.82, 2.24) is 10.2 Å². The Morgan fingerprint density at radius 1 is 1.12 bits per heavy atom. The van der Waals surface area contributed by atoms with Gasteiger partial charge in [0, 0.05) is 60.5 Å². The Labute approximate surface area is 297 Å². The highest BCUT2D eigenvalue weighted by Gasteiger charge is 2.50. The molecule has 0 bridgehead atoms. The number of ketones is 3. The molecule has 0 saturated carbocycles. The molecule has 0 spiro atoms. The number of ether oxygens (including phenoxy) is 4. The lowest BCUT2D eigenvalue weighted by molar-refractivity contribution is -0.249. The SMILES string of the molecule is CCC(=O)[C@]1(O)Cc2c(O)c3c(c(O)c2[C@@H](OC2CC(NCCCC4OCCN4C(C)(C)C)C(O)C(C)O2)C1)C(=O)c1c(OC)cccc1C3=O. The van der Waals surface area contributed by atoms with Crippen molar-refractivity contribution in [1.29, 1.82) is 0 Å². The molecule has 2 saturated heterocycles. The minimum atomic E-state index is -2.01. The summed E-state index contributed by atoms with van der Waals surface area (Å²) in [4.78, 5) is 43.2. The summed E-state index contributed by atoms with van der Waals surface area (Å²) in [6, 6.07) is 4.06.